The van der Waals surface area contributed by atoms with Crippen LogP contribution in [0, 0.1) is 5.92 Å². The van der Waals surface area contributed by atoms with Crippen LogP contribution in [0.15, 0.2) is 0 Å². The van der Waals surface area contributed by atoms with Crippen LogP contribution < -0.4 is 5.73 Å². The molecule has 2 heterocycles. The maximum Gasteiger partial charge on any atom is 0.0677 e. The van der Waals surface area contributed by atoms with Crippen molar-refractivity contribution >= 4 is 0 Å². The second-order valence-corrected chi connectivity index (χ2v) is 7.16. The Balaban J connectivity index is 1.93. The Morgan fingerprint density at radius 2 is 1.94 bits per heavy atom. The molecule has 3 heteroatoms. The second kappa shape index (κ2) is 5.10. The van der Waals surface area contributed by atoms with Gasteiger partial charge in [-0.1, -0.05) is 0 Å². The fraction of sp³-hybridized carbons (Fsp3) is 1.00. The average Bonchev–Trinajstić information content (AvgIpc) is 2.48. The van der Waals surface area contributed by atoms with Gasteiger partial charge in [-0.25, -0.2) is 0 Å². The number of nitrogens with two attached hydrogens (primary N) is 1. The maximum absolute atomic E-state index is 6.45. The predicted octanol–water partition coefficient (Wildman–Crippen LogP) is 2.87. The second-order valence-electron chi connectivity index (χ2n) is 7.16. The van der Waals surface area contributed by atoms with Gasteiger partial charge in [0.2, 0.25) is 0 Å². The number of ether oxygens (including phenoxy) is 2. The zero-order valence-corrected chi connectivity index (χ0v) is 12.4. The molecule has 2 aliphatic heterocycles. The zero-order valence-electron chi connectivity index (χ0n) is 12.4. The monoisotopic (exact) mass is 255 g/mol. The highest BCUT2D eigenvalue weighted by atomic mass is 16.5. The fourth-order valence-electron chi connectivity index (χ4n) is 3.73. The van der Waals surface area contributed by atoms with Crippen molar-refractivity contribution in [2.45, 2.75) is 83.1 Å². The van der Waals surface area contributed by atoms with E-state index in [0.717, 1.165) is 19.4 Å². The van der Waals surface area contributed by atoms with Gasteiger partial charge in [0.15, 0.2) is 0 Å². The van der Waals surface area contributed by atoms with E-state index in [0.29, 0.717) is 12.0 Å². The molecule has 3 nitrogen and oxygen atoms in total. The van der Waals surface area contributed by atoms with Crippen LogP contribution in [0.25, 0.3) is 0 Å². The number of hydrogen-bond acceptors (Lipinski definition) is 3. The first-order valence-electron chi connectivity index (χ1n) is 7.37. The van der Waals surface area contributed by atoms with Crippen molar-refractivity contribution in [3.63, 3.8) is 0 Å². The van der Waals surface area contributed by atoms with Crippen LogP contribution in [0.2, 0.25) is 0 Å². The minimum Gasteiger partial charge on any atom is -0.378 e. The topological polar surface area (TPSA) is 44.5 Å². The Hall–Kier alpha value is -0.120. The lowest BCUT2D eigenvalue weighted by molar-refractivity contribution is -0.0788. The molecule has 2 saturated heterocycles. The van der Waals surface area contributed by atoms with Crippen molar-refractivity contribution in [3.05, 3.63) is 0 Å². The molecule has 0 aromatic carbocycles. The Bertz CT molecular complexity index is 282. The summed E-state index contributed by atoms with van der Waals surface area (Å²) in [6.45, 7) is 9.59. The van der Waals surface area contributed by atoms with Gasteiger partial charge in [0.1, 0.15) is 0 Å². The van der Waals surface area contributed by atoms with Crippen molar-refractivity contribution in [2.75, 3.05) is 6.61 Å². The zero-order chi connectivity index (χ0) is 13.4. The van der Waals surface area contributed by atoms with E-state index >= 15 is 0 Å². The first-order chi connectivity index (χ1) is 8.30. The summed E-state index contributed by atoms with van der Waals surface area (Å²) in [6.07, 6.45) is 6.06. The van der Waals surface area contributed by atoms with Gasteiger partial charge in [0.25, 0.3) is 0 Å². The molecule has 3 unspecified atom stereocenters. The maximum atomic E-state index is 6.45. The van der Waals surface area contributed by atoms with Crippen LogP contribution in [0.5, 0.6) is 0 Å². The summed E-state index contributed by atoms with van der Waals surface area (Å²) in [7, 11) is 0. The average molecular weight is 255 g/mol. The van der Waals surface area contributed by atoms with E-state index in [9.17, 15) is 0 Å². The number of rotatable bonds is 3. The molecule has 0 amide bonds. The molecule has 0 saturated carbocycles. The van der Waals surface area contributed by atoms with Crippen LogP contribution >= 0.6 is 0 Å². The first kappa shape index (κ1) is 14.3. The summed E-state index contributed by atoms with van der Waals surface area (Å²) in [6, 6.07) is 0.185. The van der Waals surface area contributed by atoms with Crippen molar-refractivity contribution < 1.29 is 9.47 Å². The van der Waals surface area contributed by atoms with E-state index in [-0.39, 0.29) is 17.2 Å². The highest BCUT2D eigenvalue weighted by Gasteiger charge is 2.48. The van der Waals surface area contributed by atoms with Gasteiger partial charge < -0.3 is 15.2 Å². The predicted molar refractivity (Wildman–Crippen MR) is 73.5 cm³/mol. The highest BCUT2D eigenvalue weighted by Crippen LogP contribution is 2.44. The van der Waals surface area contributed by atoms with Crippen molar-refractivity contribution in [1.29, 1.82) is 0 Å². The molecule has 0 aromatic heterocycles. The van der Waals surface area contributed by atoms with Crippen LogP contribution in [0.3, 0.4) is 0 Å². The number of hydrogen-bond donors (Lipinski definition) is 1. The summed E-state index contributed by atoms with van der Waals surface area (Å²) in [5.41, 5.74) is 6.29. The molecule has 3 atom stereocenters. The molecule has 0 radical (unpaired) electrons. The van der Waals surface area contributed by atoms with E-state index in [1.165, 1.54) is 19.3 Å². The quantitative estimate of drug-likeness (QED) is 0.843. The molecular formula is C15H29NO2. The Morgan fingerprint density at radius 1 is 1.22 bits per heavy atom. The molecular weight excluding hydrogens is 226 g/mol. The van der Waals surface area contributed by atoms with Crippen LogP contribution in [0.1, 0.15) is 59.8 Å². The SMILES string of the molecule is CC1(C)CC(C(N)CC2CCCCO2)C(C)(C)O1. The van der Waals surface area contributed by atoms with Gasteiger partial charge in [0.05, 0.1) is 17.3 Å². The van der Waals surface area contributed by atoms with Crippen molar-refractivity contribution in [3.8, 4) is 0 Å². The Labute approximate surface area is 111 Å². The van der Waals surface area contributed by atoms with Gasteiger partial charge in [0, 0.05) is 18.6 Å². The molecule has 2 rings (SSSR count). The largest absolute Gasteiger partial charge is 0.378 e. The van der Waals surface area contributed by atoms with E-state index in [1.54, 1.807) is 0 Å². The van der Waals surface area contributed by atoms with Crippen molar-refractivity contribution in [1.82, 2.24) is 0 Å². The smallest absolute Gasteiger partial charge is 0.0677 e. The van der Waals surface area contributed by atoms with Gasteiger partial charge in [-0.2, -0.15) is 0 Å². The lowest BCUT2D eigenvalue weighted by Crippen LogP contribution is -2.43. The van der Waals surface area contributed by atoms with E-state index < -0.39 is 0 Å². The molecule has 2 N–H and O–H groups in total. The molecule has 0 aromatic rings. The molecule has 2 fully saturated rings. The minimum absolute atomic E-state index is 0.0425. The minimum atomic E-state index is -0.114. The first-order valence-corrected chi connectivity index (χ1v) is 7.37. The van der Waals surface area contributed by atoms with Gasteiger partial charge >= 0.3 is 0 Å². The van der Waals surface area contributed by atoms with Crippen molar-refractivity contribution in [2.24, 2.45) is 11.7 Å². The summed E-state index contributed by atoms with van der Waals surface area (Å²) in [5, 5.41) is 0. The van der Waals surface area contributed by atoms with Gasteiger partial charge in [-0.15, -0.1) is 0 Å². The van der Waals surface area contributed by atoms with Gasteiger partial charge in [-0.05, 0) is 59.8 Å². The molecule has 0 bridgehead atoms. The third-order valence-electron chi connectivity index (χ3n) is 4.47. The molecule has 0 spiro atoms. The molecule has 18 heavy (non-hydrogen) atoms. The van der Waals surface area contributed by atoms with Crippen LogP contribution in [0.4, 0.5) is 0 Å². The highest BCUT2D eigenvalue weighted by molar-refractivity contribution is 4.99. The summed E-state index contributed by atoms with van der Waals surface area (Å²) < 4.78 is 11.9. The van der Waals surface area contributed by atoms with Gasteiger partial charge in [-0.3, -0.25) is 0 Å². The molecule has 0 aliphatic carbocycles. The molecule has 106 valence electrons. The fourth-order valence-corrected chi connectivity index (χ4v) is 3.73. The lowest BCUT2D eigenvalue weighted by atomic mass is 9.79. The van der Waals surface area contributed by atoms with Crippen LogP contribution in [-0.2, 0) is 9.47 Å². The third kappa shape index (κ3) is 3.25. The normalized spacial score (nSPS) is 36.5. The summed E-state index contributed by atoms with van der Waals surface area (Å²) in [4.78, 5) is 0. The lowest BCUT2D eigenvalue weighted by Gasteiger charge is -2.33. The van der Waals surface area contributed by atoms with Crippen LogP contribution in [-0.4, -0.2) is 30.0 Å². The standard InChI is InChI=1S/C15H29NO2/c1-14(2)10-12(15(3,4)18-14)13(16)9-11-7-5-6-8-17-11/h11-13H,5-10,16H2,1-4H3. The molecule has 2 aliphatic rings. The Morgan fingerprint density at radius 3 is 2.44 bits per heavy atom. The Kier molecular flexibility index (Phi) is 4.05. The summed E-state index contributed by atoms with van der Waals surface area (Å²) in [5.74, 6) is 0.429. The summed E-state index contributed by atoms with van der Waals surface area (Å²) >= 11 is 0. The van der Waals surface area contributed by atoms with E-state index in [1.807, 2.05) is 0 Å². The third-order valence-corrected chi connectivity index (χ3v) is 4.47. The van der Waals surface area contributed by atoms with E-state index in [4.69, 9.17) is 15.2 Å². The van der Waals surface area contributed by atoms with E-state index in [2.05, 4.69) is 27.7 Å².